The Hall–Kier alpha value is -1.36. The van der Waals surface area contributed by atoms with Crippen molar-refractivity contribution in [3.05, 3.63) is 33.8 Å². The average Bonchev–Trinajstić information content (AvgIpc) is 2.47. The van der Waals surface area contributed by atoms with E-state index in [0.717, 1.165) is 35.8 Å². The zero-order valence-corrected chi connectivity index (χ0v) is 13.8. The lowest BCUT2D eigenvalue weighted by Gasteiger charge is -2.25. The Morgan fingerprint density at radius 1 is 1.29 bits per heavy atom. The lowest BCUT2D eigenvalue weighted by molar-refractivity contribution is -0.132. The highest BCUT2D eigenvalue weighted by atomic mass is 79.9. The van der Waals surface area contributed by atoms with Crippen LogP contribution < -0.4 is 0 Å². The fourth-order valence-electron chi connectivity index (χ4n) is 2.51. The van der Waals surface area contributed by atoms with Crippen LogP contribution in [0.2, 0.25) is 0 Å². The Bertz CT molecular complexity index is 530. The number of ether oxygens (including phenoxy) is 1. The third-order valence-electron chi connectivity index (χ3n) is 3.76. The highest BCUT2D eigenvalue weighted by molar-refractivity contribution is 9.10. The van der Waals surface area contributed by atoms with Gasteiger partial charge in [0.15, 0.2) is 0 Å². The lowest BCUT2D eigenvalue weighted by atomic mass is 10.1. The fraction of sp³-hybridized carbons (Fsp3) is 0.500. The van der Waals surface area contributed by atoms with Crippen molar-refractivity contribution in [3.8, 4) is 0 Å². The highest BCUT2D eigenvalue weighted by Crippen LogP contribution is 2.22. The van der Waals surface area contributed by atoms with Gasteiger partial charge in [0.1, 0.15) is 0 Å². The molecule has 1 amide bonds. The molecular weight excluding hydrogens is 334 g/mol. The van der Waals surface area contributed by atoms with Gasteiger partial charge in [-0.2, -0.15) is 0 Å². The number of nitrogens with zero attached hydrogens (tertiary/aromatic N) is 1. The molecule has 1 aromatic rings. The van der Waals surface area contributed by atoms with E-state index in [1.165, 1.54) is 13.5 Å². The number of methoxy groups -OCH3 is 1. The molecule has 1 aliphatic rings. The van der Waals surface area contributed by atoms with Crippen LogP contribution in [0.3, 0.4) is 0 Å². The van der Waals surface area contributed by atoms with Gasteiger partial charge in [0.2, 0.25) is 5.91 Å². The number of hydrogen-bond donors (Lipinski definition) is 0. The van der Waals surface area contributed by atoms with Crippen molar-refractivity contribution in [1.82, 2.24) is 4.90 Å². The summed E-state index contributed by atoms with van der Waals surface area (Å²) in [5.41, 5.74) is 1.52. The molecule has 4 nitrogen and oxygen atoms in total. The Balaban J connectivity index is 2.10. The topological polar surface area (TPSA) is 46.6 Å². The van der Waals surface area contributed by atoms with E-state index in [0.29, 0.717) is 18.5 Å². The Labute approximate surface area is 133 Å². The zero-order chi connectivity index (χ0) is 15.2. The van der Waals surface area contributed by atoms with Crippen LogP contribution in [0, 0.1) is 0 Å². The van der Waals surface area contributed by atoms with Crippen LogP contribution in [0.25, 0.3) is 0 Å². The number of carbonyl (C=O) groups is 2. The van der Waals surface area contributed by atoms with Crippen LogP contribution in [0.1, 0.15) is 48.0 Å². The summed E-state index contributed by atoms with van der Waals surface area (Å²) >= 11 is 3.48. The number of benzene rings is 1. The van der Waals surface area contributed by atoms with Crippen LogP contribution >= 0.6 is 15.9 Å². The summed E-state index contributed by atoms with van der Waals surface area (Å²) in [7, 11) is 1.36. The van der Waals surface area contributed by atoms with Gasteiger partial charge in [0.05, 0.1) is 12.7 Å². The molecule has 0 unspecified atom stereocenters. The number of hydrogen-bond acceptors (Lipinski definition) is 3. The molecule has 5 heteroatoms. The third-order valence-corrected chi connectivity index (χ3v) is 4.49. The summed E-state index contributed by atoms with van der Waals surface area (Å²) in [4.78, 5) is 25.5. The minimum atomic E-state index is -0.357. The molecule has 0 bridgehead atoms. The first-order valence-corrected chi connectivity index (χ1v) is 8.05. The second-order valence-corrected chi connectivity index (χ2v) is 6.13. The highest BCUT2D eigenvalue weighted by Gasteiger charge is 2.17. The number of rotatable bonds is 3. The number of esters is 1. The van der Waals surface area contributed by atoms with Crippen molar-refractivity contribution < 1.29 is 14.3 Å². The smallest absolute Gasteiger partial charge is 0.337 e. The number of likely N-dealkylation sites (tertiary alicyclic amines) is 1. The molecule has 0 spiro atoms. The van der Waals surface area contributed by atoms with Gasteiger partial charge in [0.25, 0.3) is 0 Å². The second-order valence-electron chi connectivity index (χ2n) is 5.28. The van der Waals surface area contributed by atoms with Gasteiger partial charge in [-0.15, -0.1) is 0 Å². The van der Waals surface area contributed by atoms with E-state index in [9.17, 15) is 9.59 Å². The third kappa shape index (κ3) is 4.30. The molecule has 0 aromatic heterocycles. The van der Waals surface area contributed by atoms with Crippen molar-refractivity contribution in [2.24, 2.45) is 0 Å². The van der Waals surface area contributed by atoms with E-state index in [1.807, 2.05) is 11.0 Å². The van der Waals surface area contributed by atoms with Crippen molar-refractivity contribution >= 4 is 27.8 Å². The van der Waals surface area contributed by atoms with Crippen molar-refractivity contribution in [3.63, 3.8) is 0 Å². The fourth-order valence-corrected chi connectivity index (χ4v) is 3.01. The Morgan fingerprint density at radius 3 is 2.76 bits per heavy atom. The summed E-state index contributed by atoms with van der Waals surface area (Å²) in [5, 5.41) is 0. The normalized spacial score (nSPS) is 16.3. The minimum absolute atomic E-state index is 0.221. The van der Waals surface area contributed by atoms with Gasteiger partial charge in [-0.1, -0.05) is 34.8 Å². The minimum Gasteiger partial charge on any atom is -0.465 e. The maximum atomic E-state index is 12.1. The molecule has 1 aliphatic heterocycles. The average molecular weight is 354 g/mol. The van der Waals surface area contributed by atoms with Crippen LogP contribution in [-0.4, -0.2) is 30.4 Å². The Kier molecular flexibility index (Phi) is 5.79. The number of halogens is 1. The van der Waals surface area contributed by atoms with Gasteiger partial charge < -0.3 is 9.64 Å². The van der Waals surface area contributed by atoms with Gasteiger partial charge >= 0.3 is 5.97 Å². The second kappa shape index (κ2) is 7.59. The molecule has 2 rings (SSSR count). The summed E-state index contributed by atoms with van der Waals surface area (Å²) < 4.78 is 5.54. The predicted molar refractivity (Wildman–Crippen MR) is 84.0 cm³/mol. The van der Waals surface area contributed by atoms with Crippen molar-refractivity contribution in [2.75, 3.05) is 13.7 Å². The lowest BCUT2D eigenvalue weighted by Crippen LogP contribution is -2.32. The number of amides is 1. The largest absolute Gasteiger partial charge is 0.465 e. The first-order valence-electron chi connectivity index (χ1n) is 7.26. The van der Waals surface area contributed by atoms with Gasteiger partial charge in [-0.3, -0.25) is 4.79 Å². The number of carbonyl (C=O) groups excluding carboxylic acids is 2. The molecule has 114 valence electrons. The Morgan fingerprint density at radius 2 is 2.05 bits per heavy atom. The standard InChI is InChI=1S/C16H20BrNO3/c1-21-16(20)12-7-8-13(14(17)10-12)11-18-9-5-3-2-4-6-15(18)19/h7-8,10H,2-6,9,11H2,1H3. The molecule has 1 heterocycles. The molecule has 1 saturated heterocycles. The molecule has 1 fully saturated rings. The predicted octanol–water partition coefficient (Wildman–Crippen LogP) is 3.53. The molecule has 0 N–H and O–H groups in total. The maximum Gasteiger partial charge on any atom is 0.337 e. The quantitative estimate of drug-likeness (QED) is 0.781. The van der Waals surface area contributed by atoms with Gasteiger partial charge in [-0.05, 0) is 30.5 Å². The summed E-state index contributed by atoms with van der Waals surface area (Å²) in [6.07, 6.45) is 5.02. The molecular formula is C16H20BrNO3. The first-order chi connectivity index (χ1) is 10.1. The summed E-state index contributed by atoms with van der Waals surface area (Å²) in [5.74, 6) is -0.136. The van der Waals surface area contributed by atoms with Crippen LogP contribution in [0.4, 0.5) is 0 Å². The first kappa shape index (κ1) is 16.0. The van der Waals surface area contributed by atoms with Crippen LogP contribution in [-0.2, 0) is 16.1 Å². The van der Waals surface area contributed by atoms with E-state index in [4.69, 9.17) is 4.74 Å². The summed E-state index contributed by atoms with van der Waals surface area (Å²) in [6.45, 7) is 1.39. The molecule has 0 saturated carbocycles. The molecule has 1 aromatic carbocycles. The summed E-state index contributed by atoms with van der Waals surface area (Å²) in [6, 6.07) is 5.36. The van der Waals surface area contributed by atoms with E-state index in [1.54, 1.807) is 12.1 Å². The van der Waals surface area contributed by atoms with E-state index in [-0.39, 0.29) is 11.9 Å². The van der Waals surface area contributed by atoms with Crippen molar-refractivity contribution in [1.29, 1.82) is 0 Å². The zero-order valence-electron chi connectivity index (χ0n) is 12.2. The van der Waals surface area contributed by atoms with Gasteiger partial charge in [-0.25, -0.2) is 4.79 Å². The molecule has 0 radical (unpaired) electrons. The molecule has 21 heavy (non-hydrogen) atoms. The van der Waals surface area contributed by atoms with Crippen LogP contribution in [0.5, 0.6) is 0 Å². The van der Waals surface area contributed by atoms with E-state index >= 15 is 0 Å². The monoisotopic (exact) mass is 353 g/mol. The van der Waals surface area contributed by atoms with E-state index in [2.05, 4.69) is 15.9 Å². The van der Waals surface area contributed by atoms with Crippen molar-refractivity contribution in [2.45, 2.75) is 38.6 Å². The molecule has 0 atom stereocenters. The maximum absolute atomic E-state index is 12.1. The van der Waals surface area contributed by atoms with Crippen LogP contribution in [0.15, 0.2) is 22.7 Å². The SMILES string of the molecule is COC(=O)c1ccc(CN2CCCCCCC2=O)c(Br)c1. The molecule has 0 aliphatic carbocycles. The van der Waals surface area contributed by atoms with Gasteiger partial charge in [0, 0.05) is 24.0 Å². The van der Waals surface area contributed by atoms with E-state index < -0.39 is 0 Å².